The molecule has 7 nitrogen and oxygen atoms in total. The lowest BCUT2D eigenvalue weighted by atomic mass is 10.1. The van der Waals surface area contributed by atoms with E-state index in [-0.39, 0.29) is 11.9 Å². The van der Waals surface area contributed by atoms with Crippen molar-refractivity contribution in [1.82, 2.24) is 24.8 Å². The summed E-state index contributed by atoms with van der Waals surface area (Å²) in [5.74, 6) is 1.31. The summed E-state index contributed by atoms with van der Waals surface area (Å²) in [5.41, 5.74) is 4.05. The van der Waals surface area contributed by atoms with E-state index in [2.05, 4.69) is 46.4 Å². The van der Waals surface area contributed by atoms with Crippen LogP contribution in [0.4, 0.5) is 5.82 Å². The number of aryl methyl sites for hydroxylation is 1. The van der Waals surface area contributed by atoms with Crippen molar-refractivity contribution in [2.75, 3.05) is 5.32 Å². The summed E-state index contributed by atoms with van der Waals surface area (Å²) in [5, 5.41) is 6.51. The molecule has 1 unspecified atom stereocenters. The fourth-order valence-corrected chi connectivity index (χ4v) is 3.62. The third kappa shape index (κ3) is 4.23. The second-order valence-corrected chi connectivity index (χ2v) is 8.43. The van der Waals surface area contributed by atoms with Crippen LogP contribution in [-0.4, -0.2) is 37.5 Å². The number of anilines is 1. The van der Waals surface area contributed by atoms with E-state index in [0.717, 1.165) is 47.5 Å². The van der Waals surface area contributed by atoms with Gasteiger partial charge in [-0.25, -0.2) is 15.0 Å². The molecule has 3 aromatic rings. The Hall–Kier alpha value is -2.96. The molecule has 152 valence electrons. The lowest BCUT2D eigenvalue weighted by Gasteiger charge is -2.16. The van der Waals surface area contributed by atoms with E-state index < -0.39 is 0 Å². The maximum absolute atomic E-state index is 12.5. The number of nitrogens with zero attached hydrogens (tertiary/aromatic N) is 4. The lowest BCUT2D eigenvalue weighted by Crippen LogP contribution is -2.25. The van der Waals surface area contributed by atoms with Crippen LogP contribution >= 0.6 is 0 Å². The number of aromatic nitrogens is 4. The van der Waals surface area contributed by atoms with Crippen molar-refractivity contribution in [3.63, 3.8) is 0 Å². The van der Waals surface area contributed by atoms with Crippen LogP contribution in [0.2, 0.25) is 0 Å². The summed E-state index contributed by atoms with van der Waals surface area (Å²) < 4.78 is 1.93. The molecule has 1 aliphatic rings. The van der Waals surface area contributed by atoms with Gasteiger partial charge in [0, 0.05) is 17.6 Å². The quantitative estimate of drug-likeness (QED) is 0.638. The number of benzene rings is 1. The van der Waals surface area contributed by atoms with E-state index in [1.165, 1.54) is 0 Å². The number of amides is 1. The first-order valence-corrected chi connectivity index (χ1v) is 10.3. The average Bonchev–Trinajstić information content (AvgIpc) is 3.37. The predicted octanol–water partition coefficient (Wildman–Crippen LogP) is 3.86. The van der Waals surface area contributed by atoms with Crippen molar-refractivity contribution in [3.05, 3.63) is 42.0 Å². The SMILES string of the molecule is Cc1ccc(C(=O)NC2CC2)cc1-n1cnc2c(NC(C)CC(C)C)ncnc21. The van der Waals surface area contributed by atoms with Crippen LogP contribution in [0.1, 0.15) is 56.0 Å². The van der Waals surface area contributed by atoms with Crippen LogP contribution in [-0.2, 0) is 0 Å². The monoisotopic (exact) mass is 392 g/mol. The highest BCUT2D eigenvalue weighted by Crippen LogP contribution is 2.25. The number of carbonyl (C=O) groups is 1. The van der Waals surface area contributed by atoms with Crippen molar-refractivity contribution in [3.8, 4) is 5.69 Å². The number of fused-ring (bicyclic) bond motifs is 1. The van der Waals surface area contributed by atoms with E-state index in [1.807, 2.05) is 29.7 Å². The minimum atomic E-state index is -0.0299. The third-order valence-electron chi connectivity index (χ3n) is 5.18. The molecule has 2 aromatic heterocycles. The summed E-state index contributed by atoms with van der Waals surface area (Å²) >= 11 is 0. The summed E-state index contributed by atoms with van der Waals surface area (Å²) in [6, 6.07) is 6.36. The second kappa shape index (κ2) is 7.81. The summed E-state index contributed by atoms with van der Waals surface area (Å²) in [6.07, 6.45) is 6.49. The van der Waals surface area contributed by atoms with Crippen LogP contribution in [0.5, 0.6) is 0 Å². The number of imidazole rings is 1. The fraction of sp³-hybridized carbons (Fsp3) is 0.455. The molecule has 0 bridgehead atoms. The topological polar surface area (TPSA) is 84.7 Å². The van der Waals surface area contributed by atoms with Gasteiger partial charge in [0.2, 0.25) is 0 Å². The summed E-state index contributed by atoms with van der Waals surface area (Å²) in [7, 11) is 0. The van der Waals surface area contributed by atoms with E-state index in [4.69, 9.17) is 0 Å². The number of rotatable bonds is 7. The minimum Gasteiger partial charge on any atom is -0.366 e. The Labute approximate surface area is 171 Å². The van der Waals surface area contributed by atoms with E-state index in [0.29, 0.717) is 17.5 Å². The molecule has 0 radical (unpaired) electrons. The molecule has 4 rings (SSSR count). The van der Waals surface area contributed by atoms with Crippen LogP contribution in [0.25, 0.3) is 16.9 Å². The second-order valence-electron chi connectivity index (χ2n) is 8.43. The molecule has 0 spiro atoms. The standard InChI is InChI=1S/C22H28N6O/c1-13(2)9-15(4)26-20-19-21(24-11-23-20)28(12-25-19)18-10-16(6-5-14(18)3)22(29)27-17-7-8-17/h5-6,10-13,15,17H,7-9H2,1-4H3,(H,27,29)(H,23,24,26). The van der Waals surface area contributed by atoms with Gasteiger partial charge in [0.25, 0.3) is 5.91 Å². The van der Waals surface area contributed by atoms with Crippen molar-refractivity contribution in [1.29, 1.82) is 0 Å². The minimum absolute atomic E-state index is 0.0299. The maximum Gasteiger partial charge on any atom is 0.251 e. The number of hydrogen-bond donors (Lipinski definition) is 2. The van der Waals surface area contributed by atoms with Gasteiger partial charge in [-0.05, 0) is 56.7 Å². The number of nitrogens with one attached hydrogen (secondary N) is 2. The average molecular weight is 393 g/mol. The molecule has 2 heterocycles. The zero-order valence-corrected chi connectivity index (χ0v) is 17.4. The Morgan fingerprint density at radius 2 is 2.00 bits per heavy atom. The molecule has 7 heteroatoms. The highest BCUT2D eigenvalue weighted by molar-refractivity contribution is 5.95. The van der Waals surface area contributed by atoms with Gasteiger partial charge in [-0.1, -0.05) is 19.9 Å². The highest BCUT2D eigenvalue weighted by Gasteiger charge is 2.24. The van der Waals surface area contributed by atoms with Crippen LogP contribution in [0, 0.1) is 12.8 Å². The Kier molecular flexibility index (Phi) is 5.22. The van der Waals surface area contributed by atoms with Crippen LogP contribution < -0.4 is 10.6 Å². The first kappa shape index (κ1) is 19.4. The zero-order chi connectivity index (χ0) is 20.5. The van der Waals surface area contributed by atoms with Crippen molar-refractivity contribution in [2.24, 2.45) is 5.92 Å². The smallest absolute Gasteiger partial charge is 0.251 e. The molecule has 1 fully saturated rings. The van der Waals surface area contributed by atoms with Gasteiger partial charge in [0.05, 0.1) is 5.69 Å². The first-order valence-electron chi connectivity index (χ1n) is 10.3. The molecule has 0 saturated heterocycles. The highest BCUT2D eigenvalue weighted by atomic mass is 16.1. The van der Waals surface area contributed by atoms with Gasteiger partial charge < -0.3 is 10.6 Å². The number of hydrogen-bond acceptors (Lipinski definition) is 5. The molecule has 29 heavy (non-hydrogen) atoms. The predicted molar refractivity (Wildman–Crippen MR) is 114 cm³/mol. The molecule has 1 aliphatic carbocycles. The van der Waals surface area contributed by atoms with Crippen molar-refractivity contribution >= 4 is 22.9 Å². The van der Waals surface area contributed by atoms with Crippen LogP contribution in [0.3, 0.4) is 0 Å². The molecular formula is C22H28N6O. The third-order valence-corrected chi connectivity index (χ3v) is 5.18. The van der Waals surface area contributed by atoms with Gasteiger partial charge in [-0.2, -0.15) is 0 Å². The summed E-state index contributed by atoms with van der Waals surface area (Å²) in [6.45, 7) is 8.58. The summed E-state index contributed by atoms with van der Waals surface area (Å²) in [4.78, 5) is 25.9. The molecule has 0 aliphatic heterocycles. The zero-order valence-electron chi connectivity index (χ0n) is 17.4. The van der Waals surface area contributed by atoms with Gasteiger partial charge in [0.1, 0.15) is 12.7 Å². The Morgan fingerprint density at radius 3 is 2.72 bits per heavy atom. The molecule has 1 amide bonds. The van der Waals surface area contributed by atoms with Gasteiger partial charge >= 0.3 is 0 Å². The molecule has 1 saturated carbocycles. The van der Waals surface area contributed by atoms with E-state index in [9.17, 15) is 4.79 Å². The van der Waals surface area contributed by atoms with E-state index >= 15 is 0 Å². The van der Waals surface area contributed by atoms with Crippen molar-refractivity contribution < 1.29 is 4.79 Å². The maximum atomic E-state index is 12.5. The Morgan fingerprint density at radius 1 is 1.21 bits per heavy atom. The van der Waals surface area contributed by atoms with Crippen molar-refractivity contribution in [2.45, 2.75) is 59.0 Å². The Balaban J connectivity index is 1.67. The lowest BCUT2D eigenvalue weighted by molar-refractivity contribution is 0.0951. The Bertz CT molecular complexity index is 1040. The van der Waals surface area contributed by atoms with Crippen LogP contribution in [0.15, 0.2) is 30.9 Å². The molecule has 2 N–H and O–H groups in total. The fourth-order valence-electron chi connectivity index (χ4n) is 3.62. The molecule has 1 atom stereocenters. The largest absolute Gasteiger partial charge is 0.366 e. The van der Waals surface area contributed by atoms with Gasteiger partial charge in [-0.15, -0.1) is 0 Å². The van der Waals surface area contributed by atoms with Gasteiger partial charge in [-0.3, -0.25) is 9.36 Å². The van der Waals surface area contributed by atoms with E-state index in [1.54, 1.807) is 12.7 Å². The first-order chi connectivity index (χ1) is 13.9. The normalized spacial score (nSPS) is 14.9. The molecule has 1 aromatic carbocycles. The number of carbonyl (C=O) groups excluding carboxylic acids is 1. The molecular weight excluding hydrogens is 364 g/mol. The van der Waals surface area contributed by atoms with Gasteiger partial charge in [0.15, 0.2) is 17.0 Å².